The highest BCUT2D eigenvalue weighted by Gasteiger charge is 2.34. The molecule has 6 aromatic rings. The van der Waals surface area contributed by atoms with Crippen LogP contribution in [0.2, 0.25) is 0 Å². The van der Waals surface area contributed by atoms with Crippen molar-refractivity contribution in [1.82, 2.24) is 24.2 Å². The van der Waals surface area contributed by atoms with Gasteiger partial charge in [-0.3, -0.25) is 9.59 Å². The number of sulfonamides is 2. The van der Waals surface area contributed by atoms with Crippen LogP contribution < -0.4 is 15.8 Å². The molecule has 0 spiro atoms. The summed E-state index contributed by atoms with van der Waals surface area (Å²) in [4.78, 5) is 40.1. The number of nitrogens with two attached hydrogens (primary N) is 1. The Morgan fingerprint density at radius 2 is 1.07 bits per heavy atom. The summed E-state index contributed by atoms with van der Waals surface area (Å²) < 4.78 is 55.1. The first-order chi connectivity index (χ1) is 26.9. The third kappa shape index (κ3) is 7.44. The van der Waals surface area contributed by atoms with Gasteiger partial charge in [-0.05, 0) is 83.9 Å². The molecule has 4 aromatic carbocycles. The van der Waals surface area contributed by atoms with E-state index in [0.717, 1.165) is 55.7 Å². The van der Waals surface area contributed by atoms with Crippen molar-refractivity contribution < 1.29 is 31.2 Å². The van der Waals surface area contributed by atoms with Crippen LogP contribution in [0.5, 0.6) is 0 Å². The van der Waals surface area contributed by atoms with Crippen molar-refractivity contribution in [1.29, 1.82) is 0 Å². The molecule has 1 fully saturated rings. The van der Waals surface area contributed by atoms with Gasteiger partial charge in [0.05, 0.1) is 45.1 Å². The number of imidazole rings is 2. The number of H-pyrrole nitrogens is 2. The molecule has 2 amide bonds. The summed E-state index contributed by atoms with van der Waals surface area (Å²) in [6.45, 7) is 9.76. The fourth-order valence-electron chi connectivity index (χ4n) is 7.62. The van der Waals surface area contributed by atoms with Crippen molar-refractivity contribution >= 4 is 65.3 Å². The predicted octanol–water partition coefficient (Wildman–Crippen LogP) is 5.37. The number of primary sulfonamides is 1. The molecule has 1 saturated heterocycles. The first-order valence-corrected chi connectivity index (χ1v) is 21.4. The highest BCUT2D eigenvalue weighted by molar-refractivity contribution is 7.89. The van der Waals surface area contributed by atoms with Crippen molar-refractivity contribution in [3.05, 3.63) is 83.9 Å². The molecule has 0 saturated carbocycles. The van der Waals surface area contributed by atoms with Gasteiger partial charge in [0.2, 0.25) is 31.9 Å². The maximum absolute atomic E-state index is 12.8. The van der Waals surface area contributed by atoms with E-state index in [2.05, 4.69) is 44.4 Å². The fourth-order valence-corrected chi connectivity index (χ4v) is 9.54. The lowest BCUT2D eigenvalue weighted by Crippen LogP contribution is -2.40. The van der Waals surface area contributed by atoms with Crippen molar-refractivity contribution in [3.8, 4) is 22.8 Å². The lowest BCUT2D eigenvalue weighted by molar-refractivity contribution is -0.118. The number of ether oxygens (including phenoxy) is 1. The first kappa shape index (κ1) is 38.4. The van der Waals surface area contributed by atoms with E-state index in [0.29, 0.717) is 50.8 Å². The zero-order valence-electron chi connectivity index (χ0n) is 31.8. The van der Waals surface area contributed by atoms with Crippen molar-refractivity contribution in [2.45, 2.75) is 61.2 Å². The van der Waals surface area contributed by atoms with Crippen LogP contribution >= 0.6 is 0 Å². The second kappa shape index (κ2) is 13.9. The average Bonchev–Trinajstić information content (AvgIpc) is 3.77. The van der Waals surface area contributed by atoms with Gasteiger partial charge >= 0.3 is 0 Å². The SMILES string of the molecule is CC1(C)CC(=O)Nc2cc3nc(-c4ccc(S(=O)(=O)N5CCOCC5)cc4)[nH]c3cc21.CC1(C)CC(=O)Nc2cc3nc(-c4ccc(S(N)(=O)=O)cc4)[nH]c3cc21. The summed E-state index contributed by atoms with van der Waals surface area (Å²) in [6.07, 6.45) is 0.868. The predicted molar refractivity (Wildman–Crippen MR) is 217 cm³/mol. The Bertz CT molecular complexity index is 2800. The number of amides is 2. The summed E-state index contributed by atoms with van der Waals surface area (Å²) in [6, 6.07) is 20.8. The van der Waals surface area contributed by atoms with Gasteiger partial charge < -0.3 is 25.3 Å². The minimum absolute atomic E-state index is 0.00353. The number of nitrogens with one attached hydrogen (secondary N) is 4. The third-order valence-electron chi connectivity index (χ3n) is 10.6. The average molecular weight is 811 g/mol. The van der Waals surface area contributed by atoms with Gasteiger partial charge in [-0.1, -0.05) is 27.7 Å². The number of hydrogen-bond donors (Lipinski definition) is 5. The number of morpholine rings is 1. The van der Waals surface area contributed by atoms with Gasteiger partial charge in [0, 0.05) is 59.3 Å². The highest BCUT2D eigenvalue weighted by Crippen LogP contribution is 2.41. The highest BCUT2D eigenvalue weighted by atomic mass is 32.2. The zero-order chi connectivity index (χ0) is 40.5. The Morgan fingerprint density at radius 1 is 0.649 bits per heavy atom. The largest absolute Gasteiger partial charge is 0.379 e. The molecule has 57 heavy (non-hydrogen) atoms. The van der Waals surface area contributed by atoms with E-state index in [-0.39, 0.29) is 32.4 Å². The van der Waals surface area contributed by atoms with Crippen LogP contribution in [0.1, 0.15) is 51.7 Å². The maximum atomic E-state index is 12.8. The molecule has 0 bridgehead atoms. The quantitative estimate of drug-likeness (QED) is 0.151. The van der Waals surface area contributed by atoms with Crippen molar-refractivity contribution in [3.63, 3.8) is 0 Å². The molecule has 9 rings (SSSR count). The number of hydrogen-bond acceptors (Lipinski definition) is 9. The van der Waals surface area contributed by atoms with Crippen molar-refractivity contribution in [2.24, 2.45) is 5.14 Å². The minimum Gasteiger partial charge on any atom is -0.379 e. The van der Waals surface area contributed by atoms with Crippen LogP contribution in [-0.2, 0) is 45.2 Å². The number of anilines is 2. The van der Waals surface area contributed by atoms with Gasteiger partial charge in [0.15, 0.2) is 0 Å². The van der Waals surface area contributed by atoms with E-state index in [1.165, 1.54) is 16.4 Å². The molecular weight excluding hydrogens is 769 g/mol. The Kier molecular flexibility index (Phi) is 9.35. The smallest absolute Gasteiger partial charge is 0.243 e. The van der Waals surface area contributed by atoms with Crippen LogP contribution in [0.15, 0.2) is 82.6 Å². The summed E-state index contributed by atoms with van der Waals surface area (Å²) in [5.74, 6) is 1.27. The lowest BCUT2D eigenvalue weighted by atomic mass is 9.78. The summed E-state index contributed by atoms with van der Waals surface area (Å²) >= 11 is 0. The molecule has 2 aromatic heterocycles. The molecule has 3 aliphatic rings. The number of aromatic nitrogens is 4. The Balaban J connectivity index is 0.000000162. The molecule has 17 heteroatoms. The monoisotopic (exact) mass is 810 g/mol. The number of carbonyl (C=O) groups is 2. The van der Waals surface area contributed by atoms with Crippen LogP contribution in [0, 0.1) is 0 Å². The van der Waals surface area contributed by atoms with Crippen LogP contribution in [0.3, 0.4) is 0 Å². The standard InChI is InChI=1S/C22H24N4O4S.C18H18N4O3S/c1-22(2)13-20(27)23-17-12-19-18(11-16(17)22)24-21(25-19)14-3-5-15(6-4-14)31(28,29)26-7-9-30-10-8-26;1-18(2)9-16(23)20-13-8-15-14(7-12(13)18)21-17(22-15)10-3-5-11(6-4-10)26(19,24)25/h3-6,11-12H,7-10,13H2,1-2H3,(H,23,27)(H,24,25);3-8H,9H2,1-2H3,(H,20,23)(H,21,22)(H2,19,24,25). The molecule has 296 valence electrons. The first-order valence-electron chi connectivity index (χ1n) is 18.4. The number of aromatic amines is 2. The number of carbonyl (C=O) groups excluding carboxylic acids is 2. The zero-order valence-corrected chi connectivity index (χ0v) is 33.4. The van der Waals surface area contributed by atoms with Gasteiger partial charge in [-0.25, -0.2) is 31.9 Å². The molecule has 0 radical (unpaired) electrons. The number of rotatable bonds is 5. The fraction of sp³-hybridized carbons (Fsp3) is 0.300. The summed E-state index contributed by atoms with van der Waals surface area (Å²) in [5.41, 5.74) is 7.94. The van der Waals surface area contributed by atoms with Gasteiger partial charge in [0.25, 0.3) is 0 Å². The van der Waals surface area contributed by atoms with E-state index in [1.807, 2.05) is 38.1 Å². The van der Waals surface area contributed by atoms with Crippen molar-refractivity contribution in [2.75, 3.05) is 36.9 Å². The number of nitrogens with zero attached hydrogens (tertiary/aromatic N) is 3. The van der Waals surface area contributed by atoms with E-state index < -0.39 is 20.0 Å². The second-order valence-electron chi connectivity index (χ2n) is 15.8. The van der Waals surface area contributed by atoms with Gasteiger partial charge in [0.1, 0.15) is 11.6 Å². The normalized spacial score (nSPS) is 17.9. The number of fused-ring (bicyclic) bond motifs is 4. The molecule has 6 N–H and O–H groups in total. The molecule has 15 nitrogen and oxygen atoms in total. The molecule has 0 aliphatic carbocycles. The lowest BCUT2D eigenvalue weighted by Gasteiger charge is -2.31. The van der Waals surface area contributed by atoms with E-state index in [1.54, 1.807) is 36.4 Å². The molecule has 0 unspecified atom stereocenters. The number of benzene rings is 4. The Labute approximate surface area is 329 Å². The van der Waals surface area contributed by atoms with Crippen LogP contribution in [0.4, 0.5) is 11.4 Å². The molecular formula is C40H42N8O7S2. The van der Waals surface area contributed by atoms with E-state index >= 15 is 0 Å². The minimum atomic E-state index is -3.73. The second-order valence-corrected chi connectivity index (χ2v) is 19.3. The van der Waals surface area contributed by atoms with Crippen LogP contribution in [-0.4, -0.2) is 79.2 Å². The summed E-state index contributed by atoms with van der Waals surface area (Å²) in [7, 11) is -7.26. The van der Waals surface area contributed by atoms with Gasteiger partial charge in [-0.15, -0.1) is 0 Å². The van der Waals surface area contributed by atoms with E-state index in [9.17, 15) is 26.4 Å². The molecule has 0 atom stereocenters. The molecule has 5 heterocycles. The third-order valence-corrected chi connectivity index (χ3v) is 13.5. The molecule has 3 aliphatic heterocycles. The Morgan fingerprint density at radius 3 is 1.49 bits per heavy atom. The topological polar surface area (TPSA) is 222 Å². The van der Waals surface area contributed by atoms with Gasteiger partial charge in [-0.2, -0.15) is 4.31 Å². The maximum Gasteiger partial charge on any atom is 0.243 e. The summed E-state index contributed by atoms with van der Waals surface area (Å²) in [5, 5.41) is 11.0. The van der Waals surface area contributed by atoms with E-state index in [4.69, 9.17) is 9.88 Å². The Hall–Kier alpha value is -5.46. The van der Waals surface area contributed by atoms with Crippen LogP contribution in [0.25, 0.3) is 44.8 Å².